The van der Waals surface area contributed by atoms with Gasteiger partial charge in [0.05, 0.1) is 16.7 Å². The summed E-state index contributed by atoms with van der Waals surface area (Å²) >= 11 is 0. The van der Waals surface area contributed by atoms with Gasteiger partial charge in [0.1, 0.15) is 5.76 Å². The first kappa shape index (κ1) is 16.7. The Bertz CT molecular complexity index is 722. The molecule has 22 heavy (non-hydrogen) atoms. The second-order valence-electron chi connectivity index (χ2n) is 5.48. The molecule has 1 atom stereocenters. The summed E-state index contributed by atoms with van der Waals surface area (Å²) in [6.45, 7) is 2.80. The van der Waals surface area contributed by atoms with E-state index in [0.717, 1.165) is 17.7 Å². The number of hydrogen-bond acceptors (Lipinski definition) is 6. The van der Waals surface area contributed by atoms with Crippen LogP contribution in [0.4, 0.5) is 0 Å². The van der Waals surface area contributed by atoms with E-state index in [1.807, 2.05) is 24.9 Å². The summed E-state index contributed by atoms with van der Waals surface area (Å²) in [7, 11) is -1.34. The molecule has 1 heterocycles. The Kier molecular flexibility index (Phi) is 5.00. The highest BCUT2D eigenvalue weighted by Gasteiger charge is 2.14. The lowest BCUT2D eigenvalue weighted by Gasteiger charge is -2.19. The van der Waals surface area contributed by atoms with Gasteiger partial charge in [-0.2, -0.15) is 0 Å². The molecule has 0 saturated heterocycles. The number of aliphatic hydroxyl groups excluding tert-OH is 1. The Hall–Kier alpha value is -1.70. The van der Waals surface area contributed by atoms with Crippen molar-refractivity contribution in [1.29, 1.82) is 0 Å². The summed E-state index contributed by atoms with van der Waals surface area (Å²) in [6, 6.07) is 8.14. The normalized spacial score (nSPS) is 13.5. The van der Waals surface area contributed by atoms with Crippen LogP contribution < -0.4 is 0 Å². The molecule has 0 radical (unpaired) electrons. The number of aromatic nitrogens is 1. The predicted octanol–water partition coefficient (Wildman–Crippen LogP) is 1.55. The lowest BCUT2D eigenvalue weighted by molar-refractivity contribution is 0.122. The van der Waals surface area contributed by atoms with Crippen molar-refractivity contribution in [2.24, 2.45) is 0 Å². The highest BCUT2D eigenvalue weighted by molar-refractivity contribution is 7.90. The molecule has 1 unspecified atom stereocenters. The molecule has 0 saturated carbocycles. The molecule has 0 aliphatic rings. The zero-order chi connectivity index (χ0) is 16.3. The Morgan fingerprint density at radius 2 is 1.95 bits per heavy atom. The van der Waals surface area contributed by atoms with Crippen LogP contribution in [0.2, 0.25) is 0 Å². The number of aryl methyl sites for hydroxylation is 1. The van der Waals surface area contributed by atoms with Crippen LogP contribution in [0.1, 0.15) is 23.1 Å². The van der Waals surface area contributed by atoms with Crippen LogP contribution in [-0.2, 0) is 16.4 Å². The summed E-state index contributed by atoms with van der Waals surface area (Å²) in [4.78, 5) is 2.17. The van der Waals surface area contributed by atoms with E-state index < -0.39 is 15.9 Å². The van der Waals surface area contributed by atoms with Gasteiger partial charge in [-0.15, -0.1) is 0 Å². The van der Waals surface area contributed by atoms with Crippen LogP contribution in [0.15, 0.2) is 39.8 Å². The summed E-state index contributed by atoms with van der Waals surface area (Å²) in [5.74, 6) is 0.750. The molecule has 120 valence electrons. The standard InChI is InChI=1S/C15H20N2O4S/c1-11-8-13(16-21-11)9-17(2)10-15(18)12-4-6-14(7-5-12)22(3,19)20/h4-8,15,18H,9-10H2,1-3H3. The van der Waals surface area contributed by atoms with Gasteiger partial charge in [-0.25, -0.2) is 8.42 Å². The number of aliphatic hydroxyl groups is 1. The number of rotatable bonds is 6. The third-order valence-electron chi connectivity index (χ3n) is 3.29. The second-order valence-corrected chi connectivity index (χ2v) is 7.50. The van der Waals surface area contributed by atoms with Gasteiger partial charge >= 0.3 is 0 Å². The average molecular weight is 324 g/mol. The fourth-order valence-electron chi connectivity index (χ4n) is 2.17. The fourth-order valence-corrected chi connectivity index (χ4v) is 2.80. The van der Waals surface area contributed by atoms with Gasteiger partial charge < -0.3 is 9.63 Å². The number of hydrogen-bond donors (Lipinski definition) is 1. The van der Waals surface area contributed by atoms with Gasteiger partial charge in [0.25, 0.3) is 0 Å². The number of benzene rings is 1. The summed E-state index contributed by atoms with van der Waals surface area (Å²) in [5, 5.41) is 14.1. The Balaban J connectivity index is 1.98. The number of nitrogens with zero attached hydrogens (tertiary/aromatic N) is 2. The van der Waals surface area contributed by atoms with Crippen molar-refractivity contribution in [2.45, 2.75) is 24.5 Å². The molecule has 0 amide bonds. The molecule has 0 spiro atoms. The van der Waals surface area contributed by atoms with E-state index >= 15 is 0 Å². The minimum atomic E-state index is -3.22. The third kappa shape index (κ3) is 4.40. The predicted molar refractivity (Wildman–Crippen MR) is 82.1 cm³/mol. The SMILES string of the molecule is Cc1cc(CN(C)CC(O)c2ccc(S(C)(=O)=O)cc2)no1. The Labute approximate surface area is 130 Å². The maximum absolute atomic E-state index is 11.4. The van der Waals surface area contributed by atoms with E-state index in [1.54, 1.807) is 12.1 Å². The monoisotopic (exact) mass is 324 g/mol. The maximum Gasteiger partial charge on any atom is 0.175 e. The first-order chi connectivity index (χ1) is 10.3. The van der Waals surface area contributed by atoms with Gasteiger partial charge in [-0.05, 0) is 31.7 Å². The molecule has 0 aliphatic carbocycles. The van der Waals surface area contributed by atoms with Crippen molar-refractivity contribution in [1.82, 2.24) is 10.1 Å². The van der Waals surface area contributed by atoms with E-state index in [-0.39, 0.29) is 4.90 Å². The molecule has 7 heteroatoms. The lowest BCUT2D eigenvalue weighted by atomic mass is 10.1. The highest BCUT2D eigenvalue weighted by Crippen LogP contribution is 2.18. The lowest BCUT2D eigenvalue weighted by Crippen LogP contribution is -2.24. The third-order valence-corrected chi connectivity index (χ3v) is 4.41. The van der Waals surface area contributed by atoms with Crippen LogP contribution in [0, 0.1) is 6.92 Å². The van der Waals surface area contributed by atoms with Crippen LogP contribution in [0.25, 0.3) is 0 Å². The van der Waals surface area contributed by atoms with Crippen molar-refractivity contribution in [3.05, 3.63) is 47.3 Å². The van der Waals surface area contributed by atoms with Gasteiger partial charge in [-0.1, -0.05) is 17.3 Å². The van der Waals surface area contributed by atoms with E-state index in [9.17, 15) is 13.5 Å². The molecular weight excluding hydrogens is 304 g/mol. The van der Waals surface area contributed by atoms with Gasteiger partial charge in [-0.3, -0.25) is 4.90 Å². The quantitative estimate of drug-likeness (QED) is 0.868. The zero-order valence-electron chi connectivity index (χ0n) is 12.9. The van der Waals surface area contributed by atoms with Crippen molar-refractivity contribution in [2.75, 3.05) is 19.8 Å². The van der Waals surface area contributed by atoms with Crippen molar-refractivity contribution in [3.8, 4) is 0 Å². The first-order valence-electron chi connectivity index (χ1n) is 6.84. The molecular formula is C15H20N2O4S. The summed E-state index contributed by atoms with van der Waals surface area (Å²) in [5.41, 5.74) is 1.48. The van der Waals surface area contributed by atoms with Crippen LogP contribution in [0.3, 0.4) is 0 Å². The van der Waals surface area contributed by atoms with Crippen LogP contribution in [-0.4, -0.2) is 43.4 Å². The van der Waals surface area contributed by atoms with Gasteiger partial charge in [0, 0.05) is 25.4 Å². The topological polar surface area (TPSA) is 83.6 Å². The van der Waals surface area contributed by atoms with E-state index in [1.165, 1.54) is 12.1 Å². The maximum atomic E-state index is 11.4. The highest BCUT2D eigenvalue weighted by atomic mass is 32.2. The average Bonchev–Trinajstić information content (AvgIpc) is 2.83. The second kappa shape index (κ2) is 6.60. The fraction of sp³-hybridized carbons (Fsp3) is 0.400. The van der Waals surface area contributed by atoms with Crippen molar-refractivity contribution >= 4 is 9.84 Å². The van der Waals surface area contributed by atoms with E-state index in [2.05, 4.69) is 5.16 Å². The van der Waals surface area contributed by atoms with Crippen molar-refractivity contribution in [3.63, 3.8) is 0 Å². The molecule has 1 N–H and O–H groups in total. The smallest absolute Gasteiger partial charge is 0.175 e. The minimum absolute atomic E-state index is 0.245. The molecule has 1 aromatic carbocycles. The Morgan fingerprint density at radius 1 is 1.32 bits per heavy atom. The molecule has 2 aromatic rings. The van der Waals surface area contributed by atoms with Crippen LogP contribution in [0.5, 0.6) is 0 Å². The molecule has 1 aromatic heterocycles. The largest absolute Gasteiger partial charge is 0.387 e. The van der Waals surface area contributed by atoms with Crippen molar-refractivity contribution < 1.29 is 18.0 Å². The molecule has 6 nitrogen and oxygen atoms in total. The van der Waals surface area contributed by atoms with E-state index in [4.69, 9.17) is 4.52 Å². The summed E-state index contributed by atoms with van der Waals surface area (Å²) < 4.78 is 27.8. The molecule has 0 bridgehead atoms. The minimum Gasteiger partial charge on any atom is -0.387 e. The molecule has 2 rings (SSSR count). The summed E-state index contributed by atoms with van der Waals surface area (Å²) in [6.07, 6.45) is 0.457. The molecule has 0 fully saturated rings. The Morgan fingerprint density at radius 3 is 2.45 bits per heavy atom. The first-order valence-corrected chi connectivity index (χ1v) is 8.73. The number of likely N-dealkylation sites (N-methyl/N-ethyl adjacent to an activating group) is 1. The van der Waals surface area contributed by atoms with Gasteiger partial charge in [0.2, 0.25) is 0 Å². The van der Waals surface area contributed by atoms with E-state index in [0.29, 0.717) is 18.7 Å². The number of sulfone groups is 1. The molecule has 0 aliphatic heterocycles. The van der Waals surface area contributed by atoms with Crippen LogP contribution >= 0.6 is 0 Å². The van der Waals surface area contributed by atoms with Gasteiger partial charge in [0.15, 0.2) is 9.84 Å². The zero-order valence-corrected chi connectivity index (χ0v) is 13.7.